The van der Waals surface area contributed by atoms with Crippen molar-refractivity contribution in [2.45, 2.75) is 18.8 Å². The van der Waals surface area contributed by atoms with Crippen molar-refractivity contribution < 1.29 is 9.07 Å². The van der Waals surface area contributed by atoms with E-state index >= 15 is 0 Å². The Morgan fingerprint density at radius 3 is 2.85 bits per heavy atom. The Morgan fingerprint density at radius 1 is 1.38 bits per heavy atom. The van der Waals surface area contributed by atoms with E-state index in [1.807, 2.05) is 10.5 Å². The van der Waals surface area contributed by atoms with Gasteiger partial charge >= 0.3 is 0 Å². The summed E-state index contributed by atoms with van der Waals surface area (Å²) in [6, 6.07) is 4.30. The normalized spacial score (nSPS) is 18.8. The van der Waals surface area contributed by atoms with E-state index in [0.717, 1.165) is 26.1 Å². The number of ether oxygens (including phenoxy) is 1. The number of rotatable bonds is 1. The first-order valence-electron chi connectivity index (χ1n) is 4.70. The van der Waals surface area contributed by atoms with E-state index in [4.69, 9.17) is 4.74 Å². The minimum Gasteiger partial charge on any atom is -0.381 e. The van der Waals surface area contributed by atoms with Gasteiger partial charge in [-0.3, -0.25) is 0 Å². The summed E-state index contributed by atoms with van der Waals surface area (Å²) in [6.07, 6.45) is 6.54. The van der Waals surface area contributed by atoms with Crippen molar-refractivity contribution in [1.82, 2.24) is 0 Å². The fraction of sp³-hybridized carbons (Fsp3) is 0.500. The molecular weight excluding hydrogens is 181 g/mol. The minimum absolute atomic E-state index is 0.696. The van der Waals surface area contributed by atoms with E-state index in [9.17, 15) is 0 Å². The van der Waals surface area contributed by atoms with Crippen LogP contribution in [0.25, 0.3) is 0 Å². The second-order valence-corrected chi connectivity index (χ2v) is 4.07. The average Bonchev–Trinajstić information content (AvgIpc) is 2.19. The van der Waals surface area contributed by atoms with E-state index < -0.39 is 0 Å². The number of aromatic nitrogens is 1. The van der Waals surface area contributed by atoms with Gasteiger partial charge in [0, 0.05) is 24.8 Å². The van der Waals surface area contributed by atoms with Crippen LogP contribution in [0, 0.1) is 0 Å². The molecule has 0 N–H and O–H groups in total. The van der Waals surface area contributed by atoms with Crippen LogP contribution >= 0.6 is 9.39 Å². The van der Waals surface area contributed by atoms with Gasteiger partial charge in [-0.05, 0) is 24.8 Å². The van der Waals surface area contributed by atoms with Crippen LogP contribution in [-0.2, 0) is 4.74 Å². The smallest absolute Gasteiger partial charge is 0.172 e. The second-order valence-electron chi connectivity index (χ2n) is 3.47. The largest absolute Gasteiger partial charge is 0.381 e. The molecule has 1 aromatic heterocycles. The zero-order chi connectivity index (χ0) is 9.10. The molecule has 0 amide bonds. The van der Waals surface area contributed by atoms with Gasteiger partial charge in [0.2, 0.25) is 0 Å². The maximum atomic E-state index is 5.34. The van der Waals surface area contributed by atoms with E-state index in [0.29, 0.717) is 5.92 Å². The molecular formula is C10H15NOP+. The van der Waals surface area contributed by atoms with E-state index in [2.05, 4.69) is 27.7 Å². The molecule has 0 bridgehead atoms. The van der Waals surface area contributed by atoms with Crippen LogP contribution in [0.3, 0.4) is 0 Å². The van der Waals surface area contributed by atoms with Crippen LogP contribution < -0.4 is 4.34 Å². The number of hydrogen-bond donors (Lipinski definition) is 0. The Balaban J connectivity index is 2.14. The molecule has 1 aliphatic rings. The number of pyridine rings is 1. The summed E-state index contributed by atoms with van der Waals surface area (Å²) in [7, 11) is 2.67. The Hall–Kier alpha value is -0.460. The summed E-state index contributed by atoms with van der Waals surface area (Å²) in [5.74, 6) is 0.696. The zero-order valence-electron chi connectivity index (χ0n) is 7.65. The van der Waals surface area contributed by atoms with Crippen LogP contribution in [0.15, 0.2) is 24.5 Å². The van der Waals surface area contributed by atoms with Crippen LogP contribution in [0.4, 0.5) is 0 Å². The summed E-state index contributed by atoms with van der Waals surface area (Å²) in [4.78, 5) is 0. The third-order valence-electron chi connectivity index (χ3n) is 2.54. The monoisotopic (exact) mass is 196 g/mol. The molecule has 0 spiro atoms. The summed E-state index contributed by atoms with van der Waals surface area (Å²) >= 11 is 0. The van der Waals surface area contributed by atoms with Crippen molar-refractivity contribution in [3.63, 3.8) is 0 Å². The molecule has 1 unspecified atom stereocenters. The van der Waals surface area contributed by atoms with Gasteiger partial charge < -0.3 is 4.74 Å². The van der Waals surface area contributed by atoms with Gasteiger partial charge in [-0.15, -0.1) is 0 Å². The quantitative estimate of drug-likeness (QED) is 0.620. The van der Waals surface area contributed by atoms with Gasteiger partial charge in [0.05, 0.1) is 0 Å². The molecule has 1 aromatic rings. The van der Waals surface area contributed by atoms with Gasteiger partial charge in [-0.25, -0.2) is 0 Å². The molecule has 3 heteroatoms. The Labute approximate surface area is 81.2 Å². The topological polar surface area (TPSA) is 13.1 Å². The summed E-state index contributed by atoms with van der Waals surface area (Å²) in [5, 5.41) is 0. The van der Waals surface area contributed by atoms with Gasteiger partial charge in [-0.2, -0.15) is 4.34 Å². The highest BCUT2D eigenvalue weighted by Gasteiger charge is 2.17. The predicted molar refractivity (Wildman–Crippen MR) is 54.5 cm³/mol. The van der Waals surface area contributed by atoms with Crippen molar-refractivity contribution >= 4 is 9.39 Å². The van der Waals surface area contributed by atoms with Crippen LogP contribution in [0.1, 0.15) is 24.3 Å². The van der Waals surface area contributed by atoms with Gasteiger partial charge in [0.1, 0.15) is 0 Å². The summed E-state index contributed by atoms with van der Waals surface area (Å²) < 4.78 is 7.37. The van der Waals surface area contributed by atoms with Crippen LogP contribution in [-0.4, -0.2) is 13.2 Å². The fourth-order valence-corrected chi connectivity index (χ4v) is 2.06. The average molecular weight is 196 g/mol. The highest BCUT2D eigenvalue weighted by molar-refractivity contribution is 7.07. The first-order chi connectivity index (χ1) is 6.36. The van der Waals surface area contributed by atoms with E-state index in [-0.39, 0.29) is 0 Å². The van der Waals surface area contributed by atoms with Gasteiger partial charge in [0.25, 0.3) is 0 Å². The van der Waals surface area contributed by atoms with Gasteiger partial charge in [0.15, 0.2) is 21.8 Å². The maximum absolute atomic E-state index is 5.34. The molecule has 0 aliphatic carbocycles. The lowest BCUT2D eigenvalue weighted by Crippen LogP contribution is -2.21. The lowest BCUT2D eigenvalue weighted by atomic mass is 9.93. The Morgan fingerprint density at radius 2 is 2.15 bits per heavy atom. The molecule has 2 nitrogen and oxygen atoms in total. The second kappa shape index (κ2) is 4.17. The van der Waals surface area contributed by atoms with Crippen molar-refractivity contribution in [1.29, 1.82) is 0 Å². The van der Waals surface area contributed by atoms with Crippen molar-refractivity contribution in [2.24, 2.45) is 0 Å². The van der Waals surface area contributed by atoms with Crippen molar-refractivity contribution in [3.8, 4) is 0 Å². The lowest BCUT2D eigenvalue weighted by molar-refractivity contribution is -0.500. The summed E-state index contributed by atoms with van der Waals surface area (Å²) in [5.41, 5.74) is 1.43. The number of nitrogens with zero attached hydrogens (tertiary/aromatic N) is 1. The van der Waals surface area contributed by atoms with Crippen LogP contribution in [0.2, 0.25) is 0 Å². The molecule has 1 atom stereocenters. The SMILES string of the molecule is P[n+]1cccc(C2CCOCC2)c1. The fourth-order valence-electron chi connectivity index (χ4n) is 1.78. The minimum atomic E-state index is 0.696. The highest BCUT2D eigenvalue weighted by Crippen LogP contribution is 2.25. The molecule has 13 heavy (non-hydrogen) atoms. The first-order valence-corrected chi connectivity index (χ1v) is 5.22. The highest BCUT2D eigenvalue weighted by atomic mass is 31.0. The first kappa shape index (κ1) is 9.11. The Bertz CT molecular complexity index is 284. The Kier molecular flexibility index (Phi) is 2.92. The molecule has 1 saturated heterocycles. The van der Waals surface area contributed by atoms with E-state index in [1.165, 1.54) is 5.56 Å². The zero-order valence-corrected chi connectivity index (χ0v) is 8.80. The predicted octanol–water partition coefficient (Wildman–Crippen LogP) is 1.51. The molecule has 0 saturated carbocycles. The van der Waals surface area contributed by atoms with Crippen molar-refractivity contribution in [3.05, 3.63) is 30.1 Å². The molecule has 70 valence electrons. The summed E-state index contributed by atoms with van der Waals surface area (Å²) in [6.45, 7) is 1.83. The third-order valence-corrected chi connectivity index (χ3v) is 2.86. The van der Waals surface area contributed by atoms with Gasteiger partial charge in [-0.1, -0.05) is 0 Å². The molecule has 1 aliphatic heterocycles. The molecule has 2 heterocycles. The van der Waals surface area contributed by atoms with Crippen molar-refractivity contribution in [2.75, 3.05) is 13.2 Å². The molecule has 1 fully saturated rings. The van der Waals surface area contributed by atoms with Crippen LogP contribution in [0.5, 0.6) is 0 Å². The molecule has 2 rings (SSSR count). The standard InChI is InChI=1S/C10H15NOP/c13-11-5-1-2-10(8-11)9-3-6-12-7-4-9/h1-2,5,8-9H,3-4,6-7,13H2/q+1. The number of hydrogen-bond acceptors (Lipinski definition) is 1. The van der Waals surface area contributed by atoms with E-state index in [1.54, 1.807) is 0 Å². The maximum Gasteiger partial charge on any atom is 0.172 e. The third kappa shape index (κ3) is 2.26. The molecule has 0 aromatic carbocycles. The molecule has 0 radical (unpaired) electrons. The lowest BCUT2D eigenvalue weighted by Gasteiger charge is -2.20.